The van der Waals surface area contributed by atoms with Crippen molar-refractivity contribution in [1.82, 2.24) is 10.4 Å². The molecule has 0 aliphatic carbocycles. The molecule has 0 saturated carbocycles. The summed E-state index contributed by atoms with van der Waals surface area (Å²) in [4.78, 5) is 4.19. The van der Waals surface area contributed by atoms with Crippen molar-refractivity contribution >= 4 is 22.6 Å². The molecule has 0 saturated heterocycles. The predicted octanol–water partition coefficient (Wildman–Crippen LogP) is 2.86. The smallest absolute Gasteiger partial charge is 0.0737 e. The summed E-state index contributed by atoms with van der Waals surface area (Å²) in [6.45, 7) is 4.18. The number of hydrogen-bond acceptors (Lipinski definition) is 3. The Labute approximate surface area is 121 Å². The predicted molar refractivity (Wildman–Crippen MR) is 82.0 cm³/mol. The van der Waals surface area contributed by atoms with Crippen molar-refractivity contribution in [2.24, 2.45) is 5.84 Å². The van der Waals surface area contributed by atoms with Crippen LogP contribution in [0.4, 0.5) is 0 Å². The number of halogens is 1. The van der Waals surface area contributed by atoms with Gasteiger partial charge in [0.2, 0.25) is 0 Å². The normalized spacial score (nSPS) is 12.4. The van der Waals surface area contributed by atoms with E-state index < -0.39 is 0 Å². The molecule has 0 spiro atoms. The zero-order chi connectivity index (χ0) is 13.1. The fourth-order valence-electron chi connectivity index (χ4n) is 2.02. The lowest BCUT2D eigenvalue weighted by Gasteiger charge is -2.20. The van der Waals surface area contributed by atoms with Crippen molar-refractivity contribution in [3.8, 4) is 0 Å². The summed E-state index contributed by atoms with van der Waals surface area (Å²) in [6, 6.07) is 8.25. The monoisotopic (exact) mass is 353 g/mol. The van der Waals surface area contributed by atoms with E-state index in [0.29, 0.717) is 0 Å². The molecule has 2 rings (SSSR count). The van der Waals surface area contributed by atoms with Gasteiger partial charge in [-0.15, -0.1) is 0 Å². The second-order valence-electron chi connectivity index (χ2n) is 4.31. The Kier molecular flexibility index (Phi) is 4.31. The first kappa shape index (κ1) is 13.5. The van der Waals surface area contributed by atoms with Crippen LogP contribution in [0, 0.1) is 17.4 Å². The van der Waals surface area contributed by atoms with E-state index in [-0.39, 0.29) is 6.04 Å². The lowest BCUT2D eigenvalue weighted by molar-refractivity contribution is 0.628. The zero-order valence-electron chi connectivity index (χ0n) is 10.4. The second-order valence-corrected chi connectivity index (χ2v) is 5.39. The molecule has 94 valence electrons. The van der Waals surface area contributed by atoms with Crippen molar-refractivity contribution in [2.45, 2.75) is 19.9 Å². The van der Waals surface area contributed by atoms with Crippen LogP contribution in [-0.2, 0) is 0 Å². The maximum Gasteiger partial charge on any atom is 0.0737 e. The summed E-state index contributed by atoms with van der Waals surface area (Å²) in [5.74, 6) is 5.74. The first-order chi connectivity index (χ1) is 8.65. The van der Waals surface area contributed by atoms with Gasteiger partial charge >= 0.3 is 0 Å². The van der Waals surface area contributed by atoms with Gasteiger partial charge in [-0.2, -0.15) is 0 Å². The molecule has 0 bridgehead atoms. The van der Waals surface area contributed by atoms with Gasteiger partial charge in [0, 0.05) is 16.0 Å². The number of benzene rings is 1. The number of nitrogens with two attached hydrogens (primary N) is 1. The van der Waals surface area contributed by atoms with Crippen LogP contribution in [0.25, 0.3) is 0 Å². The van der Waals surface area contributed by atoms with Crippen molar-refractivity contribution in [2.75, 3.05) is 0 Å². The number of rotatable bonds is 3. The third-order valence-electron chi connectivity index (χ3n) is 3.09. The van der Waals surface area contributed by atoms with Crippen molar-refractivity contribution in [1.29, 1.82) is 0 Å². The van der Waals surface area contributed by atoms with Gasteiger partial charge < -0.3 is 0 Å². The summed E-state index contributed by atoms with van der Waals surface area (Å²) in [6.07, 6.45) is 3.67. The first-order valence-electron chi connectivity index (χ1n) is 5.76. The molecule has 0 fully saturated rings. The van der Waals surface area contributed by atoms with Gasteiger partial charge in [0.1, 0.15) is 0 Å². The lowest BCUT2D eigenvalue weighted by atomic mass is 9.96. The first-order valence-corrected chi connectivity index (χ1v) is 6.84. The number of nitrogens with one attached hydrogen (secondary N) is 1. The molecule has 0 aliphatic rings. The molecule has 1 aromatic carbocycles. The van der Waals surface area contributed by atoms with E-state index in [4.69, 9.17) is 5.84 Å². The van der Waals surface area contributed by atoms with Gasteiger partial charge in [0.15, 0.2) is 0 Å². The van der Waals surface area contributed by atoms with E-state index in [1.807, 2.05) is 12.3 Å². The quantitative estimate of drug-likeness (QED) is 0.507. The number of aromatic nitrogens is 1. The molecule has 1 heterocycles. The number of pyridine rings is 1. The molecule has 1 aromatic heterocycles. The minimum absolute atomic E-state index is 0.0227. The van der Waals surface area contributed by atoms with Crippen molar-refractivity contribution in [3.05, 3.63) is 62.5 Å². The summed E-state index contributed by atoms with van der Waals surface area (Å²) >= 11 is 2.37. The highest BCUT2D eigenvalue weighted by molar-refractivity contribution is 14.1. The van der Waals surface area contributed by atoms with E-state index in [1.165, 1.54) is 20.3 Å². The van der Waals surface area contributed by atoms with Gasteiger partial charge in [-0.05, 0) is 64.8 Å². The maximum absolute atomic E-state index is 5.74. The van der Waals surface area contributed by atoms with Gasteiger partial charge in [-0.25, -0.2) is 5.43 Å². The molecule has 3 nitrogen and oxygen atoms in total. The van der Waals surface area contributed by atoms with E-state index in [9.17, 15) is 0 Å². The Morgan fingerprint density at radius 1 is 1.17 bits per heavy atom. The van der Waals surface area contributed by atoms with Crippen LogP contribution < -0.4 is 11.3 Å². The van der Waals surface area contributed by atoms with Gasteiger partial charge in [0.05, 0.1) is 6.04 Å². The highest BCUT2D eigenvalue weighted by Gasteiger charge is 2.17. The average molecular weight is 353 g/mol. The number of aryl methyl sites for hydroxylation is 2. The highest BCUT2D eigenvalue weighted by atomic mass is 127. The van der Waals surface area contributed by atoms with Crippen LogP contribution in [0.1, 0.15) is 28.3 Å². The van der Waals surface area contributed by atoms with Crippen molar-refractivity contribution < 1.29 is 0 Å². The molecule has 3 N–H and O–H groups in total. The lowest BCUT2D eigenvalue weighted by Crippen LogP contribution is -2.30. The third kappa shape index (κ3) is 2.55. The molecule has 18 heavy (non-hydrogen) atoms. The van der Waals surface area contributed by atoms with E-state index in [1.54, 1.807) is 6.20 Å². The highest BCUT2D eigenvalue weighted by Crippen LogP contribution is 2.28. The molecular formula is C14H16IN3. The molecule has 0 amide bonds. The number of hydrazine groups is 1. The van der Waals surface area contributed by atoms with Crippen LogP contribution in [-0.4, -0.2) is 4.98 Å². The van der Waals surface area contributed by atoms with Crippen LogP contribution in [0.5, 0.6) is 0 Å². The minimum Gasteiger partial charge on any atom is -0.271 e. The van der Waals surface area contributed by atoms with Gasteiger partial charge in [-0.1, -0.05) is 18.2 Å². The average Bonchev–Trinajstić information content (AvgIpc) is 2.37. The van der Waals surface area contributed by atoms with E-state index in [2.05, 4.69) is 65.0 Å². The van der Waals surface area contributed by atoms with Gasteiger partial charge in [-0.3, -0.25) is 10.8 Å². The van der Waals surface area contributed by atoms with E-state index in [0.717, 1.165) is 5.56 Å². The molecule has 0 aliphatic heterocycles. The largest absolute Gasteiger partial charge is 0.271 e. The third-order valence-corrected chi connectivity index (χ3v) is 4.56. The molecule has 2 aromatic rings. The fourth-order valence-corrected chi connectivity index (χ4v) is 2.69. The number of hydrogen-bond donors (Lipinski definition) is 2. The minimum atomic E-state index is -0.0227. The van der Waals surface area contributed by atoms with Crippen LogP contribution in [0.3, 0.4) is 0 Å². The Morgan fingerprint density at radius 2 is 1.94 bits per heavy atom. The summed E-state index contributed by atoms with van der Waals surface area (Å²) in [5, 5.41) is 0. The Hall–Kier alpha value is -0.980. The maximum atomic E-state index is 5.74. The van der Waals surface area contributed by atoms with Crippen LogP contribution in [0.15, 0.2) is 36.7 Å². The Balaban J connectivity index is 2.53. The standard InChI is InChI=1S/C14H16IN3/c1-9-6-7-17-8-12(9)14(18-16)11-5-3-4-10(2)13(11)15/h3-8,14,18H,16H2,1-2H3. The Bertz CT molecular complexity index is 554. The second kappa shape index (κ2) is 5.77. The fraction of sp³-hybridized carbons (Fsp3) is 0.214. The van der Waals surface area contributed by atoms with Gasteiger partial charge in [0.25, 0.3) is 0 Å². The topological polar surface area (TPSA) is 50.9 Å². The molecule has 1 atom stereocenters. The molecule has 1 unspecified atom stereocenters. The van der Waals surface area contributed by atoms with Crippen LogP contribution >= 0.6 is 22.6 Å². The molecular weight excluding hydrogens is 337 g/mol. The molecule has 4 heteroatoms. The van der Waals surface area contributed by atoms with E-state index >= 15 is 0 Å². The summed E-state index contributed by atoms with van der Waals surface area (Å²) in [7, 11) is 0. The van der Waals surface area contributed by atoms with Crippen molar-refractivity contribution in [3.63, 3.8) is 0 Å². The van der Waals surface area contributed by atoms with Crippen LogP contribution in [0.2, 0.25) is 0 Å². The SMILES string of the molecule is Cc1ccncc1C(NN)c1cccc(C)c1I. The number of nitrogens with zero attached hydrogens (tertiary/aromatic N) is 1. The molecule has 0 radical (unpaired) electrons. The summed E-state index contributed by atoms with van der Waals surface area (Å²) in [5.41, 5.74) is 7.65. The Morgan fingerprint density at radius 3 is 2.61 bits per heavy atom. The summed E-state index contributed by atoms with van der Waals surface area (Å²) < 4.78 is 1.24. The zero-order valence-corrected chi connectivity index (χ0v) is 12.6.